The lowest BCUT2D eigenvalue weighted by Gasteiger charge is -2.23. The van der Waals surface area contributed by atoms with E-state index in [0.717, 1.165) is 12.1 Å². The number of carbonyl (C=O) groups excluding carboxylic acids is 2. The van der Waals surface area contributed by atoms with Gasteiger partial charge >= 0.3 is 6.18 Å². The molecule has 1 aromatic rings. The zero-order valence-corrected chi connectivity index (χ0v) is 10.3. The second-order valence-corrected chi connectivity index (χ2v) is 4.35. The van der Waals surface area contributed by atoms with Crippen molar-refractivity contribution in [3.05, 3.63) is 29.8 Å². The maximum absolute atomic E-state index is 12.5. The lowest BCUT2D eigenvalue weighted by molar-refractivity contribution is -0.137. The Morgan fingerprint density at radius 2 is 2.10 bits per heavy atom. The van der Waals surface area contributed by atoms with Gasteiger partial charge in [0.05, 0.1) is 5.56 Å². The zero-order valence-electron chi connectivity index (χ0n) is 10.3. The summed E-state index contributed by atoms with van der Waals surface area (Å²) in [5, 5.41) is 2.39. The van der Waals surface area contributed by atoms with E-state index in [1.165, 1.54) is 12.1 Å². The van der Waals surface area contributed by atoms with Gasteiger partial charge < -0.3 is 5.32 Å². The van der Waals surface area contributed by atoms with Gasteiger partial charge in [-0.05, 0) is 24.6 Å². The highest BCUT2D eigenvalue weighted by molar-refractivity contribution is 5.96. The zero-order chi connectivity index (χ0) is 14.8. The molecule has 1 aliphatic heterocycles. The molecule has 20 heavy (non-hydrogen) atoms. The highest BCUT2D eigenvalue weighted by Gasteiger charge is 2.31. The number of carbonyl (C=O) groups is 2. The summed E-state index contributed by atoms with van der Waals surface area (Å²) >= 11 is 0. The molecule has 3 N–H and O–H groups in total. The smallest absolute Gasteiger partial charge is 0.325 e. The van der Waals surface area contributed by atoms with Crippen molar-refractivity contribution in [2.45, 2.75) is 25.1 Å². The quantitative estimate of drug-likeness (QED) is 0.770. The van der Waals surface area contributed by atoms with E-state index in [0.29, 0.717) is 0 Å². The van der Waals surface area contributed by atoms with Crippen LogP contribution in [0.1, 0.15) is 18.4 Å². The Hall–Kier alpha value is -2.09. The summed E-state index contributed by atoms with van der Waals surface area (Å²) in [5.74, 6) is -0.725. The van der Waals surface area contributed by atoms with Crippen LogP contribution in [-0.2, 0) is 15.8 Å². The molecule has 0 radical (unpaired) electrons. The van der Waals surface area contributed by atoms with Crippen molar-refractivity contribution in [1.29, 1.82) is 0 Å². The number of anilines is 1. The van der Waals surface area contributed by atoms with E-state index >= 15 is 0 Å². The summed E-state index contributed by atoms with van der Waals surface area (Å²) < 4.78 is 37.6. The molecule has 2 amide bonds. The average Bonchev–Trinajstić information content (AvgIpc) is 2.38. The molecule has 0 bridgehead atoms. The molecule has 108 valence electrons. The average molecular weight is 287 g/mol. The van der Waals surface area contributed by atoms with Crippen LogP contribution in [0, 0.1) is 0 Å². The van der Waals surface area contributed by atoms with Crippen LogP contribution in [-0.4, -0.2) is 17.9 Å². The highest BCUT2D eigenvalue weighted by atomic mass is 19.4. The van der Waals surface area contributed by atoms with Gasteiger partial charge in [-0.2, -0.15) is 13.2 Å². The summed E-state index contributed by atoms with van der Waals surface area (Å²) in [6.07, 6.45) is -3.98. The van der Waals surface area contributed by atoms with Crippen molar-refractivity contribution in [2.75, 3.05) is 5.32 Å². The first-order valence-electron chi connectivity index (χ1n) is 5.89. The normalized spacial score (nSPS) is 19.4. The monoisotopic (exact) mass is 287 g/mol. The topological polar surface area (TPSA) is 70.2 Å². The van der Waals surface area contributed by atoms with Crippen LogP contribution < -0.4 is 16.2 Å². The SMILES string of the molecule is O=C1CCC(C(=O)Nc2cccc(C(F)(F)F)c2)NN1. The second kappa shape index (κ2) is 5.49. The number of hydrazine groups is 1. The fourth-order valence-electron chi connectivity index (χ4n) is 1.78. The van der Waals surface area contributed by atoms with Crippen molar-refractivity contribution in [1.82, 2.24) is 10.9 Å². The van der Waals surface area contributed by atoms with E-state index in [1.807, 2.05) is 0 Å². The molecular weight excluding hydrogens is 275 g/mol. The number of benzene rings is 1. The van der Waals surface area contributed by atoms with Crippen molar-refractivity contribution < 1.29 is 22.8 Å². The van der Waals surface area contributed by atoms with Crippen LogP contribution in [0.2, 0.25) is 0 Å². The van der Waals surface area contributed by atoms with E-state index in [2.05, 4.69) is 16.2 Å². The Balaban J connectivity index is 2.03. The van der Waals surface area contributed by atoms with Crippen molar-refractivity contribution in [2.24, 2.45) is 0 Å². The Bertz CT molecular complexity index is 521. The van der Waals surface area contributed by atoms with Gasteiger partial charge in [0.15, 0.2) is 0 Å². The van der Waals surface area contributed by atoms with Crippen LogP contribution in [0.5, 0.6) is 0 Å². The van der Waals surface area contributed by atoms with Crippen molar-refractivity contribution in [3.8, 4) is 0 Å². The molecule has 0 spiro atoms. The summed E-state index contributed by atoms with van der Waals surface area (Å²) in [6, 6.07) is 3.71. The molecule has 0 aromatic heterocycles. The minimum Gasteiger partial charge on any atom is -0.325 e. The van der Waals surface area contributed by atoms with Crippen LogP contribution in [0.25, 0.3) is 0 Å². The van der Waals surface area contributed by atoms with Gasteiger partial charge in [0.1, 0.15) is 6.04 Å². The van der Waals surface area contributed by atoms with Crippen molar-refractivity contribution >= 4 is 17.5 Å². The van der Waals surface area contributed by atoms with E-state index < -0.39 is 23.7 Å². The molecule has 1 atom stereocenters. The van der Waals surface area contributed by atoms with Crippen LogP contribution in [0.3, 0.4) is 0 Å². The Morgan fingerprint density at radius 3 is 2.70 bits per heavy atom. The number of alkyl halides is 3. The predicted molar refractivity (Wildman–Crippen MR) is 64.4 cm³/mol. The number of halogens is 3. The van der Waals surface area contributed by atoms with Crippen LogP contribution in [0.15, 0.2) is 24.3 Å². The Labute approximate surface area is 112 Å². The maximum Gasteiger partial charge on any atom is 0.416 e. The molecule has 1 aliphatic rings. The van der Waals surface area contributed by atoms with Gasteiger partial charge in [-0.3, -0.25) is 15.0 Å². The van der Waals surface area contributed by atoms with Gasteiger partial charge in [-0.15, -0.1) is 0 Å². The molecule has 1 aromatic carbocycles. The van der Waals surface area contributed by atoms with E-state index in [1.54, 1.807) is 0 Å². The van der Waals surface area contributed by atoms with Crippen LogP contribution in [0.4, 0.5) is 18.9 Å². The summed E-state index contributed by atoms with van der Waals surface area (Å²) in [4.78, 5) is 22.7. The predicted octanol–water partition coefficient (Wildman–Crippen LogP) is 1.43. The fourth-order valence-corrected chi connectivity index (χ4v) is 1.78. The van der Waals surface area contributed by atoms with Gasteiger partial charge in [0.25, 0.3) is 0 Å². The van der Waals surface area contributed by atoms with E-state index in [9.17, 15) is 22.8 Å². The first-order chi connectivity index (χ1) is 9.36. The van der Waals surface area contributed by atoms with Gasteiger partial charge in [-0.1, -0.05) is 6.07 Å². The number of hydrogen-bond donors (Lipinski definition) is 3. The van der Waals surface area contributed by atoms with Crippen molar-refractivity contribution in [3.63, 3.8) is 0 Å². The number of rotatable bonds is 2. The summed E-state index contributed by atoms with van der Waals surface area (Å²) in [7, 11) is 0. The molecule has 5 nitrogen and oxygen atoms in total. The Morgan fingerprint density at radius 1 is 1.35 bits per heavy atom. The summed E-state index contributed by atoms with van der Waals surface area (Å²) in [5.41, 5.74) is 4.03. The van der Waals surface area contributed by atoms with Gasteiger partial charge in [0, 0.05) is 12.1 Å². The minimum atomic E-state index is -4.46. The summed E-state index contributed by atoms with van der Waals surface area (Å²) in [6.45, 7) is 0. The minimum absolute atomic E-state index is 0.0588. The third-order valence-electron chi connectivity index (χ3n) is 2.82. The van der Waals surface area contributed by atoms with E-state index in [4.69, 9.17) is 0 Å². The third kappa shape index (κ3) is 3.47. The van der Waals surface area contributed by atoms with Gasteiger partial charge in [-0.25, -0.2) is 5.43 Å². The maximum atomic E-state index is 12.5. The molecule has 0 saturated carbocycles. The highest BCUT2D eigenvalue weighted by Crippen LogP contribution is 2.30. The Kier molecular flexibility index (Phi) is 3.93. The molecular formula is C12H12F3N3O2. The number of amides is 2. The second-order valence-electron chi connectivity index (χ2n) is 4.35. The molecule has 1 fully saturated rings. The van der Waals surface area contributed by atoms with E-state index in [-0.39, 0.29) is 24.4 Å². The lowest BCUT2D eigenvalue weighted by Crippen LogP contribution is -2.54. The lowest BCUT2D eigenvalue weighted by atomic mass is 10.1. The molecule has 1 unspecified atom stereocenters. The number of hydrogen-bond acceptors (Lipinski definition) is 3. The molecule has 1 saturated heterocycles. The van der Waals surface area contributed by atoms with Gasteiger partial charge in [0.2, 0.25) is 11.8 Å². The number of nitrogens with one attached hydrogen (secondary N) is 3. The molecule has 2 rings (SSSR count). The third-order valence-corrected chi connectivity index (χ3v) is 2.82. The molecule has 8 heteroatoms. The fraction of sp³-hybridized carbons (Fsp3) is 0.333. The molecule has 0 aliphatic carbocycles. The van der Waals surface area contributed by atoms with Crippen LogP contribution >= 0.6 is 0 Å². The standard InChI is InChI=1S/C12H12F3N3O2/c13-12(14,15)7-2-1-3-8(6-7)16-11(20)9-4-5-10(19)18-17-9/h1-3,6,9,17H,4-5H2,(H,16,20)(H,18,19). The first-order valence-corrected chi connectivity index (χ1v) is 5.89. The largest absolute Gasteiger partial charge is 0.416 e. The molecule has 1 heterocycles. The first kappa shape index (κ1) is 14.3.